The number of nitrogens with zero attached hydrogens (tertiary/aromatic N) is 1. The number of hydrogen-bond donors (Lipinski definition) is 4. The highest BCUT2D eigenvalue weighted by Gasteiger charge is 2.06. The van der Waals surface area contributed by atoms with Crippen molar-refractivity contribution < 1.29 is 5.11 Å². The molecule has 0 aliphatic rings. The summed E-state index contributed by atoms with van der Waals surface area (Å²) < 4.78 is 0. The van der Waals surface area contributed by atoms with Gasteiger partial charge in [-0.3, -0.25) is 4.99 Å². The first-order valence-corrected chi connectivity index (χ1v) is 4.56. The third kappa shape index (κ3) is 3.27. The molecule has 0 fully saturated rings. The summed E-state index contributed by atoms with van der Waals surface area (Å²) in [4.78, 5) is 4.53. The van der Waals surface area contributed by atoms with E-state index in [4.69, 9.17) is 11.5 Å². The Labute approximate surface area is 88.1 Å². The van der Waals surface area contributed by atoms with Crippen LogP contribution in [-0.4, -0.2) is 17.6 Å². The molecule has 0 saturated heterocycles. The van der Waals surface area contributed by atoms with Crippen LogP contribution in [0.15, 0.2) is 34.2 Å². The van der Waals surface area contributed by atoms with Gasteiger partial charge in [0.2, 0.25) is 0 Å². The fourth-order valence-electron chi connectivity index (χ4n) is 1.03. The van der Waals surface area contributed by atoms with Crippen LogP contribution in [0.5, 0.6) is 0 Å². The lowest BCUT2D eigenvalue weighted by Gasteiger charge is -2.08. The molecule has 0 bridgehead atoms. The highest BCUT2D eigenvalue weighted by Crippen LogP contribution is 2.16. The molecule has 0 heterocycles. The summed E-state index contributed by atoms with van der Waals surface area (Å²) in [7, 11) is 0. The molecule has 0 spiro atoms. The van der Waals surface area contributed by atoms with Crippen LogP contribution in [0.1, 0.15) is 11.7 Å². The molecule has 0 aliphatic carbocycles. The minimum absolute atomic E-state index is 0.0221. The van der Waals surface area contributed by atoms with Crippen LogP contribution >= 0.6 is 12.6 Å². The summed E-state index contributed by atoms with van der Waals surface area (Å²) >= 11 is 4.16. The Morgan fingerprint density at radius 1 is 1.50 bits per heavy atom. The van der Waals surface area contributed by atoms with Crippen molar-refractivity contribution in [2.45, 2.75) is 11.0 Å². The molecule has 1 aromatic carbocycles. The lowest BCUT2D eigenvalue weighted by molar-refractivity contribution is 0.187. The second-order valence-electron chi connectivity index (χ2n) is 2.88. The lowest BCUT2D eigenvalue weighted by Crippen LogP contribution is -2.23. The van der Waals surface area contributed by atoms with Gasteiger partial charge in [0.05, 0.1) is 12.6 Å². The highest BCUT2D eigenvalue weighted by atomic mass is 32.1. The van der Waals surface area contributed by atoms with Gasteiger partial charge in [0.25, 0.3) is 0 Å². The average molecular weight is 211 g/mol. The van der Waals surface area contributed by atoms with Crippen LogP contribution in [0.25, 0.3) is 0 Å². The molecule has 76 valence electrons. The second kappa shape index (κ2) is 4.88. The average Bonchev–Trinajstić information content (AvgIpc) is 2.14. The largest absolute Gasteiger partial charge is 0.386 e. The SMILES string of the molecule is NC(N)=NC[C@H](O)c1cccc(S)c1. The zero-order valence-corrected chi connectivity index (χ0v) is 8.48. The fourth-order valence-corrected chi connectivity index (χ4v) is 1.26. The smallest absolute Gasteiger partial charge is 0.186 e. The van der Waals surface area contributed by atoms with Gasteiger partial charge in [-0.15, -0.1) is 12.6 Å². The number of aliphatic hydroxyl groups is 1. The van der Waals surface area contributed by atoms with E-state index in [0.29, 0.717) is 0 Å². The Bertz CT molecular complexity index is 337. The summed E-state index contributed by atoms with van der Waals surface area (Å²) in [5.41, 5.74) is 11.1. The molecule has 0 aromatic heterocycles. The van der Waals surface area contributed by atoms with Crippen LogP contribution < -0.4 is 11.5 Å². The van der Waals surface area contributed by atoms with Crippen molar-refractivity contribution >= 4 is 18.6 Å². The normalized spacial score (nSPS) is 12.1. The van der Waals surface area contributed by atoms with E-state index in [2.05, 4.69) is 17.6 Å². The lowest BCUT2D eigenvalue weighted by atomic mass is 10.1. The van der Waals surface area contributed by atoms with Gasteiger partial charge in [-0.1, -0.05) is 12.1 Å². The van der Waals surface area contributed by atoms with Gasteiger partial charge in [-0.2, -0.15) is 0 Å². The summed E-state index contributed by atoms with van der Waals surface area (Å²) in [6, 6.07) is 7.22. The van der Waals surface area contributed by atoms with Gasteiger partial charge in [-0.05, 0) is 17.7 Å². The van der Waals surface area contributed by atoms with Gasteiger partial charge < -0.3 is 16.6 Å². The Hall–Kier alpha value is -1.20. The van der Waals surface area contributed by atoms with Gasteiger partial charge >= 0.3 is 0 Å². The quantitative estimate of drug-likeness (QED) is 0.329. The summed E-state index contributed by atoms with van der Waals surface area (Å²) in [6.45, 7) is 0.166. The molecule has 5 heteroatoms. The van der Waals surface area contributed by atoms with Gasteiger partial charge in [0, 0.05) is 4.90 Å². The first kappa shape index (κ1) is 10.9. The van der Waals surface area contributed by atoms with Crippen molar-refractivity contribution in [1.82, 2.24) is 0 Å². The van der Waals surface area contributed by atoms with E-state index in [-0.39, 0.29) is 12.5 Å². The first-order valence-electron chi connectivity index (χ1n) is 4.12. The minimum atomic E-state index is -0.691. The number of thiol groups is 1. The van der Waals surface area contributed by atoms with Crippen LogP contribution in [0.2, 0.25) is 0 Å². The Morgan fingerprint density at radius 3 is 2.79 bits per heavy atom. The van der Waals surface area contributed by atoms with E-state index in [1.807, 2.05) is 12.1 Å². The van der Waals surface area contributed by atoms with Crippen molar-refractivity contribution in [3.63, 3.8) is 0 Å². The van der Waals surface area contributed by atoms with E-state index >= 15 is 0 Å². The fraction of sp³-hybridized carbons (Fsp3) is 0.222. The number of hydrogen-bond acceptors (Lipinski definition) is 3. The molecule has 0 aliphatic heterocycles. The van der Waals surface area contributed by atoms with Crippen molar-refractivity contribution in [2.24, 2.45) is 16.5 Å². The van der Waals surface area contributed by atoms with E-state index in [9.17, 15) is 5.11 Å². The molecule has 14 heavy (non-hydrogen) atoms. The molecule has 0 amide bonds. The molecule has 5 N–H and O–H groups in total. The maximum atomic E-state index is 9.64. The van der Waals surface area contributed by atoms with E-state index in [1.54, 1.807) is 12.1 Å². The highest BCUT2D eigenvalue weighted by molar-refractivity contribution is 7.80. The van der Waals surface area contributed by atoms with Crippen LogP contribution in [-0.2, 0) is 0 Å². The Balaban J connectivity index is 2.69. The minimum Gasteiger partial charge on any atom is -0.386 e. The third-order valence-corrected chi connectivity index (χ3v) is 1.98. The van der Waals surface area contributed by atoms with Gasteiger partial charge in [0.1, 0.15) is 0 Å². The Kier molecular flexibility index (Phi) is 3.79. The van der Waals surface area contributed by atoms with E-state index in [1.165, 1.54) is 0 Å². The standard InChI is InChI=1S/C9H13N3OS/c10-9(11)12-5-8(13)6-2-1-3-7(14)4-6/h1-4,8,13-14H,5H2,(H4,10,11,12)/t8-/m0/s1. The molecule has 4 nitrogen and oxygen atoms in total. The maximum Gasteiger partial charge on any atom is 0.186 e. The van der Waals surface area contributed by atoms with Crippen molar-refractivity contribution in [1.29, 1.82) is 0 Å². The monoisotopic (exact) mass is 211 g/mol. The van der Waals surface area contributed by atoms with Gasteiger partial charge in [-0.25, -0.2) is 0 Å². The van der Waals surface area contributed by atoms with Crippen molar-refractivity contribution in [2.75, 3.05) is 6.54 Å². The second-order valence-corrected chi connectivity index (χ2v) is 3.39. The third-order valence-electron chi connectivity index (χ3n) is 1.70. The Morgan fingerprint density at radius 2 is 2.21 bits per heavy atom. The molecule has 1 aromatic rings. The van der Waals surface area contributed by atoms with Gasteiger partial charge in [0.15, 0.2) is 5.96 Å². The number of guanidine groups is 1. The van der Waals surface area contributed by atoms with Crippen molar-refractivity contribution in [3.05, 3.63) is 29.8 Å². The topological polar surface area (TPSA) is 84.6 Å². The van der Waals surface area contributed by atoms with Crippen molar-refractivity contribution in [3.8, 4) is 0 Å². The number of rotatable bonds is 3. The zero-order valence-electron chi connectivity index (χ0n) is 7.59. The van der Waals surface area contributed by atoms with E-state index in [0.717, 1.165) is 10.5 Å². The summed E-state index contributed by atoms with van der Waals surface area (Å²) in [5.74, 6) is -0.0221. The summed E-state index contributed by atoms with van der Waals surface area (Å²) in [6.07, 6.45) is -0.691. The van der Waals surface area contributed by atoms with Crippen LogP contribution in [0.3, 0.4) is 0 Å². The number of nitrogens with two attached hydrogens (primary N) is 2. The zero-order chi connectivity index (χ0) is 10.6. The molecule has 0 unspecified atom stereocenters. The van der Waals surface area contributed by atoms with Crippen LogP contribution in [0.4, 0.5) is 0 Å². The predicted molar refractivity (Wildman–Crippen MR) is 59.3 cm³/mol. The molecule has 0 radical (unpaired) electrons. The maximum absolute atomic E-state index is 9.64. The first-order chi connectivity index (χ1) is 6.59. The summed E-state index contributed by atoms with van der Waals surface area (Å²) in [5, 5.41) is 9.64. The van der Waals surface area contributed by atoms with Crippen LogP contribution in [0, 0.1) is 0 Å². The number of benzene rings is 1. The molecular weight excluding hydrogens is 198 g/mol. The van der Waals surface area contributed by atoms with E-state index < -0.39 is 6.10 Å². The molecule has 1 atom stereocenters. The molecule has 1 rings (SSSR count). The predicted octanol–water partition coefficient (Wildman–Crippen LogP) is 0.282. The number of aliphatic imine (C=N–C) groups is 1. The number of aliphatic hydroxyl groups excluding tert-OH is 1. The molecular formula is C9H13N3OS. The molecule has 0 saturated carbocycles.